The number of para-hydroxylation sites is 1. The molecule has 1 heterocycles. The summed E-state index contributed by atoms with van der Waals surface area (Å²) in [7, 11) is 0. The van der Waals surface area contributed by atoms with Crippen molar-refractivity contribution in [1.29, 1.82) is 0 Å². The lowest BCUT2D eigenvalue weighted by Crippen LogP contribution is -2.11. The number of esters is 1. The summed E-state index contributed by atoms with van der Waals surface area (Å²) in [6.07, 6.45) is 1.75. The third-order valence-corrected chi connectivity index (χ3v) is 2.25. The minimum atomic E-state index is -0.271. The molecule has 2 rings (SSSR count). The third-order valence-electron chi connectivity index (χ3n) is 2.25. The van der Waals surface area contributed by atoms with Crippen LogP contribution in [0.1, 0.15) is 12.6 Å². The van der Waals surface area contributed by atoms with Gasteiger partial charge in [-0.3, -0.25) is 4.79 Å². The Morgan fingerprint density at radius 1 is 1.35 bits per heavy atom. The van der Waals surface area contributed by atoms with Gasteiger partial charge in [0.05, 0.1) is 30.6 Å². The first-order chi connectivity index (χ1) is 8.31. The van der Waals surface area contributed by atoms with Crippen LogP contribution in [0.5, 0.6) is 0 Å². The number of carbonyl (C=O) groups is 1. The average molecular weight is 231 g/mol. The molecule has 0 N–H and O–H groups in total. The van der Waals surface area contributed by atoms with Crippen LogP contribution in [0.4, 0.5) is 0 Å². The van der Waals surface area contributed by atoms with Crippen molar-refractivity contribution >= 4 is 5.97 Å². The molecule has 5 nitrogen and oxygen atoms in total. The molecule has 17 heavy (non-hydrogen) atoms. The molecule has 0 saturated carbocycles. The summed E-state index contributed by atoms with van der Waals surface area (Å²) in [5.41, 5.74) is 1.60. The lowest BCUT2D eigenvalue weighted by Gasteiger charge is -2.05. The van der Waals surface area contributed by atoms with Crippen LogP contribution in [0.25, 0.3) is 5.69 Å². The zero-order valence-corrected chi connectivity index (χ0v) is 9.54. The first kappa shape index (κ1) is 11.3. The van der Waals surface area contributed by atoms with E-state index in [0.29, 0.717) is 6.61 Å². The molecule has 0 aliphatic carbocycles. The number of hydrogen-bond acceptors (Lipinski definition) is 4. The summed E-state index contributed by atoms with van der Waals surface area (Å²) in [4.78, 5) is 11.4. The molecule has 5 heteroatoms. The Morgan fingerprint density at radius 3 is 2.82 bits per heavy atom. The molecule has 1 aromatic heterocycles. The van der Waals surface area contributed by atoms with Gasteiger partial charge in [0, 0.05) is 0 Å². The predicted octanol–water partition coefficient (Wildman–Crippen LogP) is 1.37. The number of benzene rings is 1. The van der Waals surface area contributed by atoms with Gasteiger partial charge in [-0.15, -0.1) is 5.10 Å². The van der Waals surface area contributed by atoms with Gasteiger partial charge in [-0.2, -0.15) is 0 Å². The maximum absolute atomic E-state index is 11.4. The molecule has 0 unspecified atom stereocenters. The van der Waals surface area contributed by atoms with E-state index in [1.165, 1.54) is 0 Å². The summed E-state index contributed by atoms with van der Waals surface area (Å²) >= 11 is 0. The van der Waals surface area contributed by atoms with Gasteiger partial charge in [0.1, 0.15) is 0 Å². The summed E-state index contributed by atoms with van der Waals surface area (Å²) in [5.74, 6) is -0.271. The molecule has 0 atom stereocenters. The second-order valence-electron chi connectivity index (χ2n) is 3.45. The topological polar surface area (TPSA) is 57.0 Å². The summed E-state index contributed by atoms with van der Waals surface area (Å²) < 4.78 is 6.53. The van der Waals surface area contributed by atoms with Crippen LogP contribution < -0.4 is 0 Å². The Morgan fingerprint density at radius 2 is 2.12 bits per heavy atom. The molecule has 2 aromatic rings. The van der Waals surface area contributed by atoms with E-state index >= 15 is 0 Å². The maximum atomic E-state index is 11.4. The molecule has 0 saturated heterocycles. The Kier molecular flexibility index (Phi) is 3.49. The van der Waals surface area contributed by atoms with Gasteiger partial charge in [0.15, 0.2) is 0 Å². The van der Waals surface area contributed by atoms with Crippen molar-refractivity contribution in [2.45, 2.75) is 13.3 Å². The van der Waals surface area contributed by atoms with E-state index in [0.717, 1.165) is 11.4 Å². The molecule has 0 spiro atoms. The molecule has 0 aliphatic rings. The van der Waals surface area contributed by atoms with Crippen LogP contribution in [0.3, 0.4) is 0 Å². The van der Waals surface area contributed by atoms with Gasteiger partial charge < -0.3 is 4.74 Å². The fraction of sp³-hybridized carbons (Fsp3) is 0.250. The standard InChI is InChI=1S/C12H13N3O2/c1-2-17-12(16)8-11-9-13-14-15(11)10-6-4-3-5-7-10/h3-7,9H,2,8H2,1H3. The van der Waals surface area contributed by atoms with Gasteiger partial charge in [-0.05, 0) is 19.1 Å². The first-order valence-electron chi connectivity index (χ1n) is 5.42. The lowest BCUT2D eigenvalue weighted by molar-refractivity contribution is -0.142. The fourth-order valence-corrected chi connectivity index (χ4v) is 1.52. The Bertz CT molecular complexity index is 493. The monoisotopic (exact) mass is 231 g/mol. The molecular formula is C12H13N3O2. The van der Waals surface area contributed by atoms with E-state index in [4.69, 9.17) is 4.74 Å². The summed E-state index contributed by atoms with van der Waals surface area (Å²) in [6.45, 7) is 2.16. The van der Waals surface area contributed by atoms with E-state index in [-0.39, 0.29) is 12.4 Å². The Labute approximate surface area is 99.0 Å². The third kappa shape index (κ3) is 2.69. The molecule has 1 aromatic carbocycles. The zero-order valence-electron chi connectivity index (χ0n) is 9.54. The van der Waals surface area contributed by atoms with E-state index in [1.54, 1.807) is 17.8 Å². The van der Waals surface area contributed by atoms with Crippen LogP contribution >= 0.6 is 0 Å². The van der Waals surface area contributed by atoms with Crippen LogP contribution in [-0.2, 0) is 16.0 Å². The molecule has 0 fully saturated rings. The van der Waals surface area contributed by atoms with E-state index in [1.807, 2.05) is 30.3 Å². The van der Waals surface area contributed by atoms with Crippen molar-refractivity contribution in [3.8, 4) is 5.69 Å². The largest absolute Gasteiger partial charge is 0.466 e. The van der Waals surface area contributed by atoms with Gasteiger partial charge >= 0.3 is 5.97 Å². The summed E-state index contributed by atoms with van der Waals surface area (Å²) in [5, 5.41) is 7.78. The lowest BCUT2D eigenvalue weighted by atomic mass is 10.3. The number of rotatable bonds is 4. The number of ether oxygens (including phenoxy) is 1. The number of carbonyl (C=O) groups excluding carboxylic acids is 1. The van der Waals surface area contributed by atoms with E-state index in [9.17, 15) is 4.79 Å². The second-order valence-corrected chi connectivity index (χ2v) is 3.45. The van der Waals surface area contributed by atoms with E-state index < -0.39 is 0 Å². The average Bonchev–Trinajstić information content (AvgIpc) is 2.78. The Hall–Kier alpha value is -2.17. The minimum Gasteiger partial charge on any atom is -0.466 e. The highest BCUT2D eigenvalue weighted by Crippen LogP contribution is 2.09. The molecule has 0 amide bonds. The highest BCUT2D eigenvalue weighted by atomic mass is 16.5. The van der Waals surface area contributed by atoms with Gasteiger partial charge in [0.2, 0.25) is 0 Å². The van der Waals surface area contributed by atoms with Crippen molar-refractivity contribution in [1.82, 2.24) is 15.0 Å². The summed E-state index contributed by atoms with van der Waals surface area (Å²) in [6, 6.07) is 9.55. The number of nitrogens with zero attached hydrogens (tertiary/aromatic N) is 3. The van der Waals surface area contributed by atoms with Crippen molar-refractivity contribution in [2.75, 3.05) is 6.61 Å². The molecular weight excluding hydrogens is 218 g/mol. The van der Waals surface area contributed by atoms with Crippen LogP contribution in [0.15, 0.2) is 36.5 Å². The molecule has 0 bridgehead atoms. The first-order valence-corrected chi connectivity index (χ1v) is 5.42. The van der Waals surface area contributed by atoms with Crippen LogP contribution in [-0.4, -0.2) is 27.6 Å². The van der Waals surface area contributed by atoms with Crippen molar-refractivity contribution in [3.05, 3.63) is 42.2 Å². The van der Waals surface area contributed by atoms with Crippen molar-refractivity contribution in [3.63, 3.8) is 0 Å². The molecule has 88 valence electrons. The highest BCUT2D eigenvalue weighted by Gasteiger charge is 2.11. The SMILES string of the molecule is CCOC(=O)Cc1cnnn1-c1ccccc1. The normalized spacial score (nSPS) is 10.2. The molecule has 0 radical (unpaired) electrons. The Balaban J connectivity index is 2.20. The smallest absolute Gasteiger partial charge is 0.311 e. The quantitative estimate of drug-likeness (QED) is 0.746. The van der Waals surface area contributed by atoms with Crippen molar-refractivity contribution in [2.24, 2.45) is 0 Å². The molecule has 0 aliphatic heterocycles. The van der Waals surface area contributed by atoms with Gasteiger partial charge in [0.25, 0.3) is 0 Å². The number of aromatic nitrogens is 3. The number of hydrogen-bond donors (Lipinski definition) is 0. The fourth-order valence-electron chi connectivity index (χ4n) is 1.52. The highest BCUT2D eigenvalue weighted by molar-refractivity contribution is 5.72. The van der Waals surface area contributed by atoms with Crippen molar-refractivity contribution < 1.29 is 9.53 Å². The minimum absolute atomic E-state index is 0.176. The van der Waals surface area contributed by atoms with Gasteiger partial charge in [-0.1, -0.05) is 23.4 Å². The zero-order chi connectivity index (χ0) is 12.1. The predicted molar refractivity (Wildman–Crippen MR) is 61.7 cm³/mol. The maximum Gasteiger partial charge on any atom is 0.311 e. The van der Waals surface area contributed by atoms with Crippen LogP contribution in [0, 0.1) is 0 Å². The second kappa shape index (κ2) is 5.25. The van der Waals surface area contributed by atoms with E-state index in [2.05, 4.69) is 10.3 Å². The van der Waals surface area contributed by atoms with Gasteiger partial charge in [-0.25, -0.2) is 4.68 Å². The van der Waals surface area contributed by atoms with Crippen LogP contribution in [0.2, 0.25) is 0 Å².